The first kappa shape index (κ1) is 24.8. The Labute approximate surface area is 206 Å². The number of oxime groups is 1. The van der Waals surface area contributed by atoms with E-state index in [4.69, 9.17) is 10.1 Å². The fourth-order valence-corrected chi connectivity index (χ4v) is 3.89. The average molecular weight is 493 g/mol. The van der Waals surface area contributed by atoms with Crippen molar-refractivity contribution in [3.05, 3.63) is 106 Å². The summed E-state index contributed by atoms with van der Waals surface area (Å²) < 4.78 is 40.3. The monoisotopic (exact) mass is 492 g/mol. The lowest BCUT2D eigenvalue weighted by Gasteiger charge is -2.30. The molecule has 6 nitrogen and oxygen atoms in total. The quantitative estimate of drug-likeness (QED) is 0.466. The maximum atomic E-state index is 13.4. The topological polar surface area (TPSA) is 77.7 Å². The normalized spacial score (nSPS) is 13.3. The summed E-state index contributed by atoms with van der Waals surface area (Å²) in [6.07, 6.45) is 1.02. The Bertz CT molecular complexity index is 1230. The van der Waals surface area contributed by atoms with E-state index in [0.717, 1.165) is 5.71 Å². The van der Waals surface area contributed by atoms with Gasteiger partial charge in [-0.25, -0.2) is 18.0 Å². The van der Waals surface area contributed by atoms with Crippen molar-refractivity contribution in [1.29, 1.82) is 5.26 Å². The van der Waals surface area contributed by atoms with Crippen molar-refractivity contribution in [3.63, 3.8) is 0 Å². The molecule has 1 aliphatic rings. The van der Waals surface area contributed by atoms with E-state index in [1.54, 1.807) is 35.2 Å². The Morgan fingerprint density at radius 3 is 2.11 bits per heavy atom. The summed E-state index contributed by atoms with van der Waals surface area (Å²) in [6, 6.07) is 16.7. The van der Waals surface area contributed by atoms with Crippen LogP contribution in [0.4, 0.5) is 18.0 Å². The maximum Gasteiger partial charge on any atom is 0.318 e. The van der Waals surface area contributed by atoms with Crippen LogP contribution in [0.25, 0.3) is 0 Å². The summed E-state index contributed by atoms with van der Waals surface area (Å²) in [7, 11) is 0. The van der Waals surface area contributed by atoms with Gasteiger partial charge in [0.05, 0.1) is 17.3 Å². The van der Waals surface area contributed by atoms with E-state index in [-0.39, 0.29) is 18.2 Å². The lowest BCUT2D eigenvalue weighted by molar-refractivity contribution is 0.127. The molecule has 4 rings (SSSR count). The number of likely N-dealkylation sites (tertiary alicyclic amines) is 1. The molecule has 1 fully saturated rings. The van der Waals surface area contributed by atoms with Crippen LogP contribution in [0.3, 0.4) is 0 Å². The molecule has 1 saturated heterocycles. The lowest BCUT2D eigenvalue weighted by atomic mass is 9.98. The highest BCUT2D eigenvalue weighted by Gasteiger charge is 2.24. The first-order valence-electron chi connectivity index (χ1n) is 11.4. The second-order valence-electron chi connectivity index (χ2n) is 8.33. The Morgan fingerprint density at radius 2 is 1.56 bits per heavy atom. The van der Waals surface area contributed by atoms with Crippen LogP contribution in [0.5, 0.6) is 0 Å². The van der Waals surface area contributed by atoms with Crippen LogP contribution >= 0.6 is 0 Å². The highest BCUT2D eigenvalue weighted by atomic mass is 19.1. The predicted molar refractivity (Wildman–Crippen MR) is 127 cm³/mol. The summed E-state index contributed by atoms with van der Waals surface area (Å²) >= 11 is 0. The molecular formula is C27H23F3N4O2. The molecule has 3 aromatic carbocycles. The maximum absolute atomic E-state index is 13.4. The molecule has 3 aromatic rings. The van der Waals surface area contributed by atoms with Gasteiger partial charge in [0.2, 0.25) is 0 Å². The van der Waals surface area contributed by atoms with Gasteiger partial charge in [0, 0.05) is 25.9 Å². The van der Waals surface area contributed by atoms with Gasteiger partial charge in [-0.1, -0.05) is 35.5 Å². The molecular weight excluding hydrogens is 469 g/mol. The smallest absolute Gasteiger partial charge is 0.318 e. The number of carbonyl (C=O) groups is 1. The summed E-state index contributed by atoms with van der Waals surface area (Å²) in [5.74, 6) is -1.37. The molecule has 1 N–H and O–H groups in total. The number of nitrogens with one attached hydrogen (secondary N) is 1. The van der Waals surface area contributed by atoms with Gasteiger partial charge in [-0.05, 0) is 53.1 Å². The zero-order valence-corrected chi connectivity index (χ0v) is 19.3. The van der Waals surface area contributed by atoms with Crippen LogP contribution in [-0.4, -0.2) is 29.7 Å². The highest BCUT2D eigenvalue weighted by molar-refractivity contribution is 5.87. The lowest BCUT2D eigenvalue weighted by Crippen LogP contribution is -2.46. The van der Waals surface area contributed by atoms with Crippen molar-refractivity contribution in [2.75, 3.05) is 13.1 Å². The second kappa shape index (κ2) is 11.4. The van der Waals surface area contributed by atoms with Gasteiger partial charge in [-0.2, -0.15) is 5.26 Å². The molecule has 184 valence electrons. The average Bonchev–Trinajstić information content (AvgIpc) is 2.90. The Hall–Kier alpha value is -4.32. The Kier molecular flexibility index (Phi) is 7.85. The fraction of sp³-hybridized carbons (Fsp3) is 0.222. The van der Waals surface area contributed by atoms with E-state index in [2.05, 4.69) is 10.5 Å². The van der Waals surface area contributed by atoms with Crippen LogP contribution in [0.15, 0.2) is 71.9 Å². The van der Waals surface area contributed by atoms with Gasteiger partial charge in [0.15, 0.2) is 0 Å². The molecule has 0 aromatic heterocycles. The zero-order valence-electron chi connectivity index (χ0n) is 19.3. The molecule has 1 heterocycles. The van der Waals surface area contributed by atoms with Crippen molar-refractivity contribution < 1.29 is 22.8 Å². The Morgan fingerprint density at radius 1 is 0.972 bits per heavy atom. The van der Waals surface area contributed by atoms with E-state index in [1.165, 1.54) is 42.5 Å². The standard InChI is InChI=1S/C27H23F3N4O2/c28-22-6-2-19(3-7-22)26(20-4-8-23(29)9-5-20)32-27(35)34-13-11-24(12-14-34)33-36-17-18-1-10-25(30)21(15-18)16-31/h1-10,15,26H,11-14,17H2,(H,32,35). The van der Waals surface area contributed by atoms with Gasteiger partial charge < -0.3 is 15.1 Å². The molecule has 0 radical (unpaired) electrons. The number of hydrogen-bond donors (Lipinski definition) is 1. The number of nitriles is 1. The minimum Gasteiger partial charge on any atom is -0.391 e. The third kappa shape index (κ3) is 6.21. The number of urea groups is 1. The Balaban J connectivity index is 1.35. The molecule has 36 heavy (non-hydrogen) atoms. The van der Waals surface area contributed by atoms with E-state index in [1.807, 2.05) is 0 Å². The number of rotatable bonds is 6. The molecule has 0 atom stereocenters. The number of carbonyl (C=O) groups excluding carboxylic acids is 1. The van der Waals surface area contributed by atoms with Crippen LogP contribution < -0.4 is 5.32 Å². The van der Waals surface area contributed by atoms with Gasteiger partial charge in [-0.15, -0.1) is 0 Å². The van der Waals surface area contributed by atoms with Gasteiger partial charge in [0.1, 0.15) is 30.1 Å². The van der Waals surface area contributed by atoms with Crippen molar-refractivity contribution in [1.82, 2.24) is 10.2 Å². The first-order valence-corrected chi connectivity index (χ1v) is 11.4. The molecule has 0 spiro atoms. The van der Waals surface area contributed by atoms with Crippen molar-refractivity contribution >= 4 is 11.7 Å². The van der Waals surface area contributed by atoms with Crippen LogP contribution in [0, 0.1) is 28.8 Å². The number of amides is 2. The summed E-state index contributed by atoms with van der Waals surface area (Å²) in [6.45, 7) is 0.936. The second-order valence-corrected chi connectivity index (χ2v) is 8.33. The number of hydrogen-bond acceptors (Lipinski definition) is 4. The third-order valence-corrected chi connectivity index (χ3v) is 5.88. The number of nitrogens with zero attached hydrogens (tertiary/aromatic N) is 3. The SMILES string of the molecule is N#Cc1cc(CON=C2CCN(C(=O)NC(c3ccc(F)cc3)c3ccc(F)cc3)CC2)ccc1F. The summed E-state index contributed by atoms with van der Waals surface area (Å²) in [5.41, 5.74) is 2.70. The van der Waals surface area contributed by atoms with Crippen molar-refractivity contribution in [2.24, 2.45) is 5.16 Å². The summed E-state index contributed by atoms with van der Waals surface area (Å²) in [4.78, 5) is 20.0. The predicted octanol–water partition coefficient (Wildman–Crippen LogP) is 5.44. The minimum absolute atomic E-state index is 0.0531. The third-order valence-electron chi connectivity index (χ3n) is 5.88. The van der Waals surface area contributed by atoms with Gasteiger partial charge >= 0.3 is 6.03 Å². The summed E-state index contributed by atoms with van der Waals surface area (Å²) in [5, 5.41) is 16.0. The largest absolute Gasteiger partial charge is 0.391 e. The fourth-order valence-electron chi connectivity index (χ4n) is 3.89. The van der Waals surface area contributed by atoms with E-state index in [9.17, 15) is 18.0 Å². The van der Waals surface area contributed by atoms with E-state index < -0.39 is 23.5 Å². The van der Waals surface area contributed by atoms with Crippen molar-refractivity contribution in [3.8, 4) is 6.07 Å². The molecule has 0 saturated carbocycles. The molecule has 9 heteroatoms. The minimum atomic E-state index is -0.584. The molecule has 0 aliphatic carbocycles. The van der Waals surface area contributed by atoms with Crippen LogP contribution in [-0.2, 0) is 11.4 Å². The van der Waals surface area contributed by atoms with Crippen molar-refractivity contribution in [2.45, 2.75) is 25.5 Å². The molecule has 1 aliphatic heterocycles. The van der Waals surface area contributed by atoms with Crippen LogP contribution in [0.1, 0.15) is 41.1 Å². The van der Waals surface area contributed by atoms with Crippen LogP contribution in [0.2, 0.25) is 0 Å². The van der Waals surface area contributed by atoms with Gasteiger partial charge in [-0.3, -0.25) is 0 Å². The molecule has 0 bridgehead atoms. The zero-order chi connectivity index (χ0) is 25.5. The number of halogens is 3. The highest BCUT2D eigenvalue weighted by Crippen LogP contribution is 2.24. The molecule has 2 amide bonds. The molecule has 0 unspecified atom stereocenters. The number of benzene rings is 3. The number of piperidine rings is 1. The van der Waals surface area contributed by atoms with E-state index >= 15 is 0 Å². The van der Waals surface area contributed by atoms with Gasteiger partial charge in [0.25, 0.3) is 0 Å². The van der Waals surface area contributed by atoms with E-state index in [0.29, 0.717) is 42.6 Å². The first-order chi connectivity index (χ1) is 17.4.